The lowest BCUT2D eigenvalue weighted by atomic mass is 10.1. The zero-order chi connectivity index (χ0) is 13.8. The minimum atomic E-state index is 0.746. The maximum atomic E-state index is 4.40. The van der Waals surface area contributed by atoms with Crippen molar-refractivity contribution < 1.29 is 0 Å². The van der Waals surface area contributed by atoms with Gasteiger partial charge in [0.1, 0.15) is 0 Å². The number of aryl methyl sites for hydroxylation is 2. The van der Waals surface area contributed by atoms with E-state index in [0.717, 1.165) is 17.9 Å². The summed E-state index contributed by atoms with van der Waals surface area (Å²) in [5.74, 6) is 0. The molecule has 19 heavy (non-hydrogen) atoms. The molecule has 2 rings (SSSR count). The number of nitrogens with one attached hydrogen (secondary N) is 1. The van der Waals surface area contributed by atoms with Gasteiger partial charge in [0.15, 0.2) is 0 Å². The molecule has 0 amide bonds. The van der Waals surface area contributed by atoms with E-state index in [9.17, 15) is 0 Å². The Kier molecular flexibility index (Phi) is 4.05. The molecule has 0 bridgehead atoms. The standard InChI is InChI=1S/C16H21N3/c1-12-5-7-15(17-10-12)11-18-14-8-6-13(2)16(9-14)19(3)4/h5-10,18H,11H2,1-4H3. The van der Waals surface area contributed by atoms with Crippen molar-refractivity contribution in [2.24, 2.45) is 0 Å². The third kappa shape index (κ3) is 3.47. The summed E-state index contributed by atoms with van der Waals surface area (Å²) in [6, 6.07) is 10.6. The van der Waals surface area contributed by atoms with Crippen LogP contribution in [0.4, 0.5) is 11.4 Å². The van der Waals surface area contributed by atoms with Crippen LogP contribution in [0.2, 0.25) is 0 Å². The van der Waals surface area contributed by atoms with Crippen LogP contribution in [0.5, 0.6) is 0 Å². The average Bonchev–Trinajstić information content (AvgIpc) is 2.39. The van der Waals surface area contributed by atoms with Crippen LogP contribution in [0.1, 0.15) is 16.8 Å². The summed E-state index contributed by atoms with van der Waals surface area (Å²) in [7, 11) is 4.13. The summed E-state index contributed by atoms with van der Waals surface area (Å²) in [4.78, 5) is 6.53. The van der Waals surface area contributed by atoms with E-state index in [4.69, 9.17) is 0 Å². The molecule has 1 aromatic carbocycles. The van der Waals surface area contributed by atoms with Crippen LogP contribution in [0.15, 0.2) is 36.5 Å². The summed E-state index contributed by atoms with van der Waals surface area (Å²) >= 11 is 0. The number of hydrogen-bond acceptors (Lipinski definition) is 3. The molecule has 0 aliphatic heterocycles. The van der Waals surface area contributed by atoms with Gasteiger partial charge in [-0.2, -0.15) is 0 Å². The number of aromatic nitrogens is 1. The van der Waals surface area contributed by atoms with Gasteiger partial charge in [0.2, 0.25) is 0 Å². The molecule has 0 fully saturated rings. The molecule has 0 saturated carbocycles. The Bertz CT molecular complexity index is 544. The highest BCUT2D eigenvalue weighted by molar-refractivity contribution is 5.61. The van der Waals surface area contributed by atoms with Crippen LogP contribution in [0.3, 0.4) is 0 Å². The van der Waals surface area contributed by atoms with Crippen molar-refractivity contribution in [1.29, 1.82) is 0 Å². The SMILES string of the molecule is Cc1ccc(CNc2ccc(C)c(N(C)C)c2)nc1. The molecular formula is C16H21N3. The van der Waals surface area contributed by atoms with Gasteiger partial charge in [0.05, 0.1) is 12.2 Å². The predicted octanol–water partition coefficient (Wildman–Crippen LogP) is 3.38. The third-order valence-electron chi connectivity index (χ3n) is 3.14. The van der Waals surface area contributed by atoms with Gasteiger partial charge in [0.25, 0.3) is 0 Å². The normalized spacial score (nSPS) is 10.3. The van der Waals surface area contributed by atoms with Gasteiger partial charge in [-0.25, -0.2) is 0 Å². The highest BCUT2D eigenvalue weighted by atomic mass is 15.1. The number of pyridine rings is 1. The monoisotopic (exact) mass is 255 g/mol. The molecule has 0 aliphatic carbocycles. The molecule has 3 heteroatoms. The smallest absolute Gasteiger partial charge is 0.0594 e. The van der Waals surface area contributed by atoms with Crippen molar-refractivity contribution in [3.05, 3.63) is 53.3 Å². The number of benzene rings is 1. The minimum Gasteiger partial charge on any atom is -0.379 e. The second-order valence-corrected chi connectivity index (χ2v) is 5.08. The largest absolute Gasteiger partial charge is 0.379 e. The lowest BCUT2D eigenvalue weighted by Crippen LogP contribution is -2.11. The Balaban J connectivity index is 2.07. The Labute approximate surface area is 115 Å². The molecule has 1 aromatic heterocycles. The van der Waals surface area contributed by atoms with Gasteiger partial charge >= 0.3 is 0 Å². The van der Waals surface area contributed by atoms with Gasteiger partial charge in [0, 0.05) is 31.7 Å². The molecule has 0 aliphatic rings. The van der Waals surface area contributed by atoms with E-state index in [0.29, 0.717) is 0 Å². The summed E-state index contributed by atoms with van der Waals surface area (Å²) < 4.78 is 0. The Morgan fingerprint density at radius 3 is 2.53 bits per heavy atom. The molecule has 0 saturated heterocycles. The van der Waals surface area contributed by atoms with Crippen molar-refractivity contribution in [2.75, 3.05) is 24.3 Å². The van der Waals surface area contributed by atoms with E-state index in [1.54, 1.807) is 0 Å². The quantitative estimate of drug-likeness (QED) is 0.907. The zero-order valence-corrected chi connectivity index (χ0v) is 12.1. The van der Waals surface area contributed by atoms with Crippen LogP contribution in [-0.4, -0.2) is 19.1 Å². The first kappa shape index (κ1) is 13.4. The van der Waals surface area contributed by atoms with Crippen LogP contribution in [0.25, 0.3) is 0 Å². The first-order chi connectivity index (χ1) is 9.06. The number of anilines is 2. The van der Waals surface area contributed by atoms with Gasteiger partial charge < -0.3 is 10.2 Å². The van der Waals surface area contributed by atoms with E-state index < -0.39 is 0 Å². The minimum absolute atomic E-state index is 0.746. The molecule has 0 unspecified atom stereocenters. The predicted molar refractivity (Wildman–Crippen MR) is 81.8 cm³/mol. The number of rotatable bonds is 4. The molecule has 100 valence electrons. The zero-order valence-electron chi connectivity index (χ0n) is 12.1. The molecule has 0 atom stereocenters. The summed E-state index contributed by atoms with van der Waals surface area (Å²) in [6.45, 7) is 4.92. The van der Waals surface area contributed by atoms with Crippen molar-refractivity contribution in [3.63, 3.8) is 0 Å². The van der Waals surface area contributed by atoms with Crippen molar-refractivity contribution in [3.8, 4) is 0 Å². The first-order valence-corrected chi connectivity index (χ1v) is 6.49. The summed E-state index contributed by atoms with van der Waals surface area (Å²) in [6.07, 6.45) is 1.90. The van der Waals surface area contributed by atoms with Crippen LogP contribution < -0.4 is 10.2 Å². The third-order valence-corrected chi connectivity index (χ3v) is 3.14. The highest BCUT2D eigenvalue weighted by Gasteiger charge is 2.02. The second kappa shape index (κ2) is 5.74. The number of hydrogen-bond donors (Lipinski definition) is 1. The van der Waals surface area contributed by atoms with E-state index in [1.165, 1.54) is 16.8 Å². The lowest BCUT2D eigenvalue weighted by Gasteiger charge is -2.17. The van der Waals surface area contributed by atoms with E-state index in [1.807, 2.05) is 13.1 Å². The van der Waals surface area contributed by atoms with E-state index >= 15 is 0 Å². The second-order valence-electron chi connectivity index (χ2n) is 5.08. The maximum absolute atomic E-state index is 4.40. The van der Waals surface area contributed by atoms with Crippen LogP contribution in [0, 0.1) is 13.8 Å². The van der Waals surface area contributed by atoms with Gasteiger partial charge in [-0.15, -0.1) is 0 Å². The fourth-order valence-electron chi connectivity index (χ4n) is 2.00. The highest BCUT2D eigenvalue weighted by Crippen LogP contribution is 2.22. The van der Waals surface area contributed by atoms with Gasteiger partial charge in [-0.3, -0.25) is 4.98 Å². The first-order valence-electron chi connectivity index (χ1n) is 6.49. The molecule has 1 heterocycles. The summed E-state index contributed by atoms with van der Waals surface area (Å²) in [5, 5.41) is 3.41. The molecule has 0 spiro atoms. The fraction of sp³-hybridized carbons (Fsp3) is 0.312. The Morgan fingerprint density at radius 1 is 1.11 bits per heavy atom. The summed E-state index contributed by atoms with van der Waals surface area (Å²) in [5.41, 5.74) is 5.88. The molecule has 0 radical (unpaired) electrons. The van der Waals surface area contributed by atoms with Crippen molar-refractivity contribution >= 4 is 11.4 Å². The maximum Gasteiger partial charge on any atom is 0.0594 e. The van der Waals surface area contributed by atoms with Crippen LogP contribution in [-0.2, 0) is 6.54 Å². The van der Waals surface area contributed by atoms with E-state index in [-0.39, 0.29) is 0 Å². The Morgan fingerprint density at radius 2 is 1.89 bits per heavy atom. The van der Waals surface area contributed by atoms with Crippen molar-refractivity contribution in [2.45, 2.75) is 20.4 Å². The number of nitrogens with zero attached hydrogens (tertiary/aromatic N) is 2. The van der Waals surface area contributed by atoms with Gasteiger partial charge in [-0.1, -0.05) is 12.1 Å². The lowest BCUT2D eigenvalue weighted by molar-refractivity contribution is 1.03. The van der Waals surface area contributed by atoms with Gasteiger partial charge in [-0.05, 0) is 43.2 Å². The van der Waals surface area contributed by atoms with Crippen LogP contribution >= 0.6 is 0 Å². The molecule has 1 N–H and O–H groups in total. The topological polar surface area (TPSA) is 28.2 Å². The average molecular weight is 255 g/mol. The fourth-order valence-corrected chi connectivity index (χ4v) is 2.00. The van der Waals surface area contributed by atoms with E-state index in [2.05, 4.69) is 66.6 Å². The molecule has 3 nitrogen and oxygen atoms in total. The molecular weight excluding hydrogens is 234 g/mol. The Hall–Kier alpha value is -2.03. The molecule has 2 aromatic rings. The van der Waals surface area contributed by atoms with Crippen molar-refractivity contribution in [1.82, 2.24) is 4.98 Å².